The number of carbonyl (C=O) groups is 1. The third-order valence-corrected chi connectivity index (χ3v) is 1.82. The van der Waals surface area contributed by atoms with Crippen molar-refractivity contribution in [2.75, 3.05) is 40.0 Å². The van der Waals surface area contributed by atoms with Gasteiger partial charge in [-0.1, -0.05) is 0 Å². The smallest absolute Gasteiger partial charge is 0.245 e. The maximum atomic E-state index is 10.8. The Balaban J connectivity index is 2.01. The lowest BCUT2D eigenvalue weighted by Gasteiger charge is -2.23. The van der Waals surface area contributed by atoms with Gasteiger partial charge in [0.1, 0.15) is 6.61 Å². The fourth-order valence-corrected chi connectivity index (χ4v) is 1.08. The van der Waals surface area contributed by atoms with E-state index in [-0.39, 0.29) is 18.6 Å². The van der Waals surface area contributed by atoms with Crippen LogP contribution in [0, 0.1) is 0 Å². The van der Waals surface area contributed by atoms with Crippen LogP contribution in [-0.4, -0.2) is 52.0 Å². The minimum Gasteiger partial charge on any atom is -0.373 e. The van der Waals surface area contributed by atoms with Crippen molar-refractivity contribution in [3.63, 3.8) is 0 Å². The molecule has 0 spiro atoms. The minimum atomic E-state index is -0.108. The highest BCUT2D eigenvalue weighted by atomic mass is 16.5. The molecule has 1 saturated heterocycles. The third-order valence-electron chi connectivity index (χ3n) is 1.82. The van der Waals surface area contributed by atoms with E-state index in [2.05, 4.69) is 10.6 Å². The molecule has 13 heavy (non-hydrogen) atoms. The van der Waals surface area contributed by atoms with Crippen molar-refractivity contribution in [3.05, 3.63) is 0 Å². The summed E-state index contributed by atoms with van der Waals surface area (Å²) < 4.78 is 10.5. The molecule has 2 N–H and O–H groups in total. The van der Waals surface area contributed by atoms with Gasteiger partial charge in [-0.3, -0.25) is 4.79 Å². The third kappa shape index (κ3) is 4.21. The quantitative estimate of drug-likeness (QED) is 0.578. The van der Waals surface area contributed by atoms with Crippen LogP contribution in [0.25, 0.3) is 0 Å². The van der Waals surface area contributed by atoms with Crippen molar-refractivity contribution in [3.8, 4) is 0 Å². The second-order valence-corrected chi connectivity index (χ2v) is 2.89. The molecule has 0 saturated carbocycles. The number of likely N-dealkylation sites (N-methyl/N-ethyl adjacent to an activating group) is 1. The van der Waals surface area contributed by atoms with Crippen LogP contribution in [0.3, 0.4) is 0 Å². The molecule has 0 aromatic carbocycles. The summed E-state index contributed by atoms with van der Waals surface area (Å²) in [7, 11) is 1.59. The molecule has 0 bridgehead atoms. The zero-order chi connectivity index (χ0) is 9.52. The van der Waals surface area contributed by atoms with Crippen molar-refractivity contribution >= 4 is 5.91 Å². The fourth-order valence-electron chi connectivity index (χ4n) is 1.08. The Labute approximate surface area is 77.8 Å². The lowest BCUT2D eigenvalue weighted by molar-refractivity contribution is -0.127. The molecule has 0 aromatic rings. The van der Waals surface area contributed by atoms with E-state index in [9.17, 15) is 4.79 Å². The van der Waals surface area contributed by atoms with Gasteiger partial charge in [0.05, 0.1) is 19.3 Å². The maximum absolute atomic E-state index is 10.8. The van der Waals surface area contributed by atoms with Crippen LogP contribution in [0.5, 0.6) is 0 Å². The van der Waals surface area contributed by atoms with Crippen molar-refractivity contribution in [2.45, 2.75) is 6.10 Å². The molecule has 0 radical (unpaired) electrons. The number of rotatable bonds is 4. The lowest BCUT2D eigenvalue weighted by Crippen LogP contribution is -2.41. The van der Waals surface area contributed by atoms with E-state index in [4.69, 9.17) is 9.47 Å². The van der Waals surface area contributed by atoms with Gasteiger partial charge in [0, 0.05) is 20.1 Å². The number of amides is 1. The van der Waals surface area contributed by atoms with Crippen LogP contribution in [0.4, 0.5) is 0 Å². The molecule has 0 aliphatic carbocycles. The van der Waals surface area contributed by atoms with E-state index >= 15 is 0 Å². The Bertz CT molecular complexity index is 157. The summed E-state index contributed by atoms with van der Waals surface area (Å²) in [6.45, 7) is 2.99. The van der Waals surface area contributed by atoms with E-state index in [1.54, 1.807) is 7.05 Å². The fraction of sp³-hybridized carbons (Fsp3) is 0.875. The number of hydrogen-bond acceptors (Lipinski definition) is 4. The average molecular weight is 188 g/mol. The highest BCUT2D eigenvalue weighted by Gasteiger charge is 2.13. The highest BCUT2D eigenvalue weighted by Crippen LogP contribution is 1.96. The summed E-state index contributed by atoms with van der Waals surface area (Å²) in [5, 5.41) is 5.66. The topological polar surface area (TPSA) is 59.6 Å². The first-order valence-corrected chi connectivity index (χ1v) is 4.43. The van der Waals surface area contributed by atoms with E-state index in [0.717, 1.165) is 13.1 Å². The minimum absolute atomic E-state index is 0.0819. The van der Waals surface area contributed by atoms with Crippen LogP contribution < -0.4 is 10.6 Å². The summed E-state index contributed by atoms with van der Waals surface area (Å²) in [4.78, 5) is 10.8. The Morgan fingerprint density at radius 3 is 3.23 bits per heavy atom. The normalized spacial score (nSPS) is 22.7. The molecule has 5 heteroatoms. The molecule has 0 aromatic heterocycles. The summed E-state index contributed by atoms with van der Waals surface area (Å²) in [6.07, 6.45) is 0.0819. The monoisotopic (exact) mass is 188 g/mol. The van der Waals surface area contributed by atoms with Gasteiger partial charge in [-0.15, -0.1) is 0 Å². The summed E-state index contributed by atoms with van der Waals surface area (Å²) in [6, 6.07) is 0. The standard InChI is InChI=1S/C8H16N2O3/c1-9-8(11)6-12-5-7-4-10-2-3-13-7/h7,10H,2-6H2,1H3,(H,9,11). The molecular weight excluding hydrogens is 172 g/mol. The molecule has 1 aliphatic heterocycles. The van der Waals surface area contributed by atoms with E-state index < -0.39 is 0 Å². The van der Waals surface area contributed by atoms with Crippen LogP contribution in [0.2, 0.25) is 0 Å². The number of hydrogen-bond donors (Lipinski definition) is 2. The van der Waals surface area contributed by atoms with E-state index in [0.29, 0.717) is 13.2 Å². The van der Waals surface area contributed by atoms with Crippen molar-refractivity contribution in [2.24, 2.45) is 0 Å². The van der Waals surface area contributed by atoms with Gasteiger partial charge in [0.25, 0.3) is 0 Å². The molecule has 76 valence electrons. The molecule has 1 unspecified atom stereocenters. The Hall–Kier alpha value is -0.650. The summed E-state index contributed by atoms with van der Waals surface area (Å²) in [5.74, 6) is -0.108. The van der Waals surface area contributed by atoms with Gasteiger partial charge in [0.2, 0.25) is 5.91 Å². The van der Waals surface area contributed by atoms with Crippen LogP contribution in [0.1, 0.15) is 0 Å². The van der Waals surface area contributed by atoms with Crippen LogP contribution in [-0.2, 0) is 14.3 Å². The van der Waals surface area contributed by atoms with Crippen molar-refractivity contribution < 1.29 is 14.3 Å². The molecule has 1 heterocycles. The number of nitrogens with one attached hydrogen (secondary N) is 2. The first kappa shape index (κ1) is 10.4. The highest BCUT2D eigenvalue weighted by molar-refractivity contribution is 5.76. The van der Waals surface area contributed by atoms with Gasteiger partial charge < -0.3 is 20.1 Å². The first-order valence-electron chi connectivity index (χ1n) is 4.43. The first-order chi connectivity index (χ1) is 6.33. The predicted molar refractivity (Wildman–Crippen MR) is 47.5 cm³/mol. The van der Waals surface area contributed by atoms with Gasteiger partial charge in [-0.25, -0.2) is 0 Å². The summed E-state index contributed by atoms with van der Waals surface area (Å²) in [5.41, 5.74) is 0. The largest absolute Gasteiger partial charge is 0.373 e. The molecule has 1 rings (SSSR count). The SMILES string of the molecule is CNC(=O)COCC1CNCCO1. The van der Waals surface area contributed by atoms with E-state index in [1.165, 1.54) is 0 Å². The van der Waals surface area contributed by atoms with Gasteiger partial charge in [0.15, 0.2) is 0 Å². The number of morpholine rings is 1. The van der Waals surface area contributed by atoms with Gasteiger partial charge in [-0.2, -0.15) is 0 Å². The van der Waals surface area contributed by atoms with Gasteiger partial charge >= 0.3 is 0 Å². The van der Waals surface area contributed by atoms with E-state index in [1.807, 2.05) is 0 Å². The molecule has 1 aliphatic rings. The van der Waals surface area contributed by atoms with Crippen molar-refractivity contribution in [1.82, 2.24) is 10.6 Å². The lowest BCUT2D eigenvalue weighted by atomic mass is 10.3. The maximum Gasteiger partial charge on any atom is 0.245 e. The predicted octanol–water partition coefficient (Wildman–Crippen LogP) is -1.26. The molecular formula is C8H16N2O3. The second-order valence-electron chi connectivity index (χ2n) is 2.89. The Morgan fingerprint density at radius 1 is 1.77 bits per heavy atom. The molecule has 1 amide bonds. The Kier molecular flexibility index (Phi) is 4.74. The molecule has 1 atom stereocenters. The second kappa shape index (κ2) is 5.90. The van der Waals surface area contributed by atoms with Gasteiger partial charge in [-0.05, 0) is 0 Å². The number of ether oxygens (including phenoxy) is 2. The summed E-state index contributed by atoms with van der Waals surface area (Å²) >= 11 is 0. The van der Waals surface area contributed by atoms with Crippen molar-refractivity contribution in [1.29, 1.82) is 0 Å². The zero-order valence-corrected chi connectivity index (χ0v) is 7.84. The van der Waals surface area contributed by atoms with Crippen LogP contribution in [0.15, 0.2) is 0 Å². The molecule has 1 fully saturated rings. The average Bonchev–Trinajstić information content (AvgIpc) is 2.19. The number of carbonyl (C=O) groups excluding carboxylic acids is 1. The van der Waals surface area contributed by atoms with Crippen LogP contribution >= 0.6 is 0 Å². The molecule has 5 nitrogen and oxygen atoms in total. The Morgan fingerprint density at radius 2 is 2.62 bits per heavy atom. The zero-order valence-electron chi connectivity index (χ0n) is 7.84.